The quantitative estimate of drug-likeness (QED) is 0.519. The van der Waals surface area contributed by atoms with Crippen LogP contribution in [0.15, 0.2) is 0 Å². The Bertz CT molecular complexity index is 130. The number of rotatable bonds is 5. The Morgan fingerprint density at radius 3 is 3.00 bits per heavy atom. The average molecular weight is 186 g/mol. The maximum atomic E-state index is 5.15. The first-order valence-electron chi connectivity index (χ1n) is 5.41. The molecule has 1 N–H and O–H groups in total. The lowest BCUT2D eigenvalue weighted by atomic mass is 10.00. The van der Waals surface area contributed by atoms with E-state index in [2.05, 4.69) is 17.3 Å². The van der Waals surface area contributed by atoms with E-state index in [0.717, 1.165) is 19.1 Å². The van der Waals surface area contributed by atoms with E-state index in [0.29, 0.717) is 0 Å². The van der Waals surface area contributed by atoms with E-state index in [1.807, 2.05) is 7.05 Å². The van der Waals surface area contributed by atoms with Crippen molar-refractivity contribution in [2.45, 2.75) is 38.6 Å². The van der Waals surface area contributed by atoms with Crippen LogP contribution in [0.5, 0.6) is 0 Å². The summed E-state index contributed by atoms with van der Waals surface area (Å²) in [7, 11) is 1.82. The molecule has 0 aromatic rings. The maximum absolute atomic E-state index is 5.15. The third-order valence-corrected chi connectivity index (χ3v) is 2.85. The first-order valence-corrected chi connectivity index (χ1v) is 5.41. The summed E-state index contributed by atoms with van der Waals surface area (Å²) in [5, 5.41) is 0. The van der Waals surface area contributed by atoms with Crippen molar-refractivity contribution in [3.63, 3.8) is 0 Å². The molecule has 1 heterocycles. The van der Waals surface area contributed by atoms with E-state index < -0.39 is 0 Å². The first-order chi connectivity index (χ1) is 6.38. The van der Waals surface area contributed by atoms with E-state index >= 15 is 0 Å². The van der Waals surface area contributed by atoms with Gasteiger partial charge in [0.1, 0.15) is 0 Å². The zero-order chi connectivity index (χ0) is 9.52. The SMILES string of the molecule is CCN1CCCCC1CCONC. The molecular weight excluding hydrogens is 164 g/mol. The van der Waals surface area contributed by atoms with Crippen LogP contribution in [-0.2, 0) is 4.84 Å². The van der Waals surface area contributed by atoms with Gasteiger partial charge in [-0.2, -0.15) is 0 Å². The molecular formula is C10H22N2O. The molecule has 0 aromatic heterocycles. The molecule has 0 radical (unpaired) electrons. The van der Waals surface area contributed by atoms with Crippen LogP contribution in [0.4, 0.5) is 0 Å². The van der Waals surface area contributed by atoms with Gasteiger partial charge in [0.05, 0.1) is 6.61 Å². The van der Waals surface area contributed by atoms with E-state index in [1.165, 1.54) is 32.4 Å². The summed E-state index contributed by atoms with van der Waals surface area (Å²) in [4.78, 5) is 7.72. The number of nitrogens with one attached hydrogen (secondary N) is 1. The Labute approximate surface area is 81.4 Å². The van der Waals surface area contributed by atoms with E-state index in [1.54, 1.807) is 0 Å². The Morgan fingerprint density at radius 1 is 1.46 bits per heavy atom. The number of piperidine rings is 1. The van der Waals surface area contributed by atoms with Crippen LogP contribution in [0.25, 0.3) is 0 Å². The zero-order valence-corrected chi connectivity index (χ0v) is 8.88. The molecule has 1 aliphatic rings. The van der Waals surface area contributed by atoms with Crippen molar-refractivity contribution in [2.75, 3.05) is 26.7 Å². The summed E-state index contributed by atoms with van der Waals surface area (Å²) in [5.74, 6) is 0. The highest BCUT2D eigenvalue weighted by atomic mass is 16.6. The molecule has 3 heteroatoms. The van der Waals surface area contributed by atoms with E-state index in [9.17, 15) is 0 Å². The molecule has 0 aliphatic carbocycles. The summed E-state index contributed by atoms with van der Waals surface area (Å²) in [5.41, 5.74) is 2.72. The van der Waals surface area contributed by atoms with Gasteiger partial charge in [0.25, 0.3) is 0 Å². The summed E-state index contributed by atoms with van der Waals surface area (Å²) >= 11 is 0. The smallest absolute Gasteiger partial charge is 0.0696 e. The topological polar surface area (TPSA) is 24.5 Å². The Morgan fingerprint density at radius 2 is 2.31 bits per heavy atom. The Kier molecular flexibility index (Phi) is 5.35. The van der Waals surface area contributed by atoms with Crippen LogP contribution in [0.3, 0.4) is 0 Å². The molecule has 1 saturated heterocycles. The molecule has 1 fully saturated rings. The van der Waals surface area contributed by atoms with Gasteiger partial charge >= 0.3 is 0 Å². The molecule has 13 heavy (non-hydrogen) atoms. The van der Waals surface area contributed by atoms with Crippen molar-refractivity contribution in [1.82, 2.24) is 10.4 Å². The van der Waals surface area contributed by atoms with Gasteiger partial charge in [-0.1, -0.05) is 13.3 Å². The van der Waals surface area contributed by atoms with Crippen LogP contribution < -0.4 is 5.48 Å². The lowest BCUT2D eigenvalue weighted by molar-refractivity contribution is 0.0331. The normalized spacial score (nSPS) is 24.9. The number of hydrogen-bond donors (Lipinski definition) is 1. The van der Waals surface area contributed by atoms with Crippen LogP contribution >= 0.6 is 0 Å². The molecule has 1 unspecified atom stereocenters. The average Bonchev–Trinajstić information content (AvgIpc) is 2.19. The minimum Gasteiger partial charge on any atom is -0.302 e. The maximum Gasteiger partial charge on any atom is 0.0696 e. The monoisotopic (exact) mass is 186 g/mol. The van der Waals surface area contributed by atoms with Gasteiger partial charge < -0.3 is 9.74 Å². The largest absolute Gasteiger partial charge is 0.302 e. The fourth-order valence-electron chi connectivity index (χ4n) is 2.10. The van der Waals surface area contributed by atoms with Crippen molar-refractivity contribution in [3.8, 4) is 0 Å². The molecule has 3 nitrogen and oxygen atoms in total. The predicted molar refractivity (Wildman–Crippen MR) is 54.5 cm³/mol. The van der Waals surface area contributed by atoms with Crippen LogP contribution in [0, 0.1) is 0 Å². The summed E-state index contributed by atoms with van der Waals surface area (Å²) < 4.78 is 0. The molecule has 0 aromatic carbocycles. The van der Waals surface area contributed by atoms with E-state index in [-0.39, 0.29) is 0 Å². The minimum absolute atomic E-state index is 0.757. The number of likely N-dealkylation sites (tertiary alicyclic amines) is 1. The fourth-order valence-corrected chi connectivity index (χ4v) is 2.10. The molecule has 0 amide bonds. The van der Waals surface area contributed by atoms with E-state index in [4.69, 9.17) is 4.84 Å². The number of hydrogen-bond acceptors (Lipinski definition) is 3. The summed E-state index contributed by atoms with van der Waals surface area (Å²) in [6, 6.07) is 0.757. The molecule has 0 saturated carbocycles. The standard InChI is InChI=1S/C10H22N2O/c1-3-12-8-5-4-6-10(12)7-9-13-11-2/h10-11H,3-9H2,1-2H3. The van der Waals surface area contributed by atoms with Crippen LogP contribution in [0.2, 0.25) is 0 Å². The Balaban J connectivity index is 2.19. The van der Waals surface area contributed by atoms with Crippen LogP contribution in [0.1, 0.15) is 32.6 Å². The second-order valence-electron chi connectivity index (χ2n) is 3.62. The van der Waals surface area contributed by atoms with Gasteiger partial charge in [0.2, 0.25) is 0 Å². The van der Waals surface area contributed by atoms with Crippen molar-refractivity contribution in [3.05, 3.63) is 0 Å². The molecule has 78 valence electrons. The fraction of sp³-hybridized carbons (Fsp3) is 1.00. The Hall–Kier alpha value is -0.120. The molecule has 1 atom stereocenters. The van der Waals surface area contributed by atoms with Gasteiger partial charge in [-0.05, 0) is 32.4 Å². The summed E-state index contributed by atoms with van der Waals surface area (Å²) in [6.45, 7) is 5.54. The van der Waals surface area contributed by atoms with Crippen molar-refractivity contribution >= 4 is 0 Å². The first kappa shape index (κ1) is 11.0. The highest BCUT2D eigenvalue weighted by Crippen LogP contribution is 2.18. The lowest BCUT2D eigenvalue weighted by Gasteiger charge is -2.34. The second-order valence-corrected chi connectivity index (χ2v) is 3.62. The third kappa shape index (κ3) is 3.63. The van der Waals surface area contributed by atoms with Gasteiger partial charge in [-0.15, -0.1) is 0 Å². The van der Waals surface area contributed by atoms with Gasteiger partial charge in [0, 0.05) is 13.1 Å². The van der Waals surface area contributed by atoms with Crippen LogP contribution in [-0.4, -0.2) is 37.7 Å². The zero-order valence-electron chi connectivity index (χ0n) is 8.88. The molecule has 0 bridgehead atoms. The highest BCUT2D eigenvalue weighted by molar-refractivity contribution is 4.75. The van der Waals surface area contributed by atoms with Crippen molar-refractivity contribution < 1.29 is 4.84 Å². The van der Waals surface area contributed by atoms with Gasteiger partial charge in [0.15, 0.2) is 0 Å². The number of hydroxylamine groups is 1. The molecule has 1 rings (SSSR count). The van der Waals surface area contributed by atoms with Crippen molar-refractivity contribution in [2.24, 2.45) is 0 Å². The highest BCUT2D eigenvalue weighted by Gasteiger charge is 2.20. The predicted octanol–water partition coefficient (Wildman–Crippen LogP) is 1.40. The number of nitrogens with zero attached hydrogens (tertiary/aromatic N) is 1. The minimum atomic E-state index is 0.757. The molecule has 0 spiro atoms. The van der Waals surface area contributed by atoms with Gasteiger partial charge in [-0.3, -0.25) is 0 Å². The molecule has 1 aliphatic heterocycles. The third-order valence-electron chi connectivity index (χ3n) is 2.85. The summed E-state index contributed by atoms with van der Waals surface area (Å²) in [6.07, 6.45) is 5.27. The second kappa shape index (κ2) is 6.35. The van der Waals surface area contributed by atoms with Crippen molar-refractivity contribution in [1.29, 1.82) is 0 Å². The van der Waals surface area contributed by atoms with Gasteiger partial charge in [-0.25, -0.2) is 5.48 Å². The lowest BCUT2D eigenvalue weighted by Crippen LogP contribution is -2.40.